The fraction of sp³-hybridized carbons (Fsp3) is 0.154. The normalized spacial score (nSPS) is 11.5. The average molecular weight is 310 g/mol. The highest BCUT2D eigenvalue weighted by molar-refractivity contribution is 6.36. The summed E-state index contributed by atoms with van der Waals surface area (Å²) in [5.74, 6) is 0.601. The summed E-state index contributed by atoms with van der Waals surface area (Å²) in [4.78, 5) is 14.2. The van der Waals surface area contributed by atoms with Crippen molar-refractivity contribution in [3.05, 3.63) is 40.5 Å². The van der Waals surface area contributed by atoms with E-state index >= 15 is 0 Å². The van der Waals surface area contributed by atoms with E-state index in [1.165, 1.54) is 0 Å². The molecule has 0 aliphatic heterocycles. The topological polar surface area (TPSA) is 67.4 Å². The summed E-state index contributed by atoms with van der Waals surface area (Å²) in [6.45, 7) is 0. The van der Waals surface area contributed by atoms with Crippen molar-refractivity contribution in [3.63, 3.8) is 0 Å². The van der Waals surface area contributed by atoms with Crippen LogP contribution in [0.3, 0.4) is 0 Å². The summed E-state index contributed by atoms with van der Waals surface area (Å²) in [6.07, 6.45) is 1.61. The van der Waals surface area contributed by atoms with Crippen LogP contribution in [0, 0.1) is 0 Å². The molecule has 0 amide bonds. The Balaban J connectivity index is 2.42. The maximum Gasteiger partial charge on any atom is 0.253 e. The first-order valence-electron chi connectivity index (χ1n) is 5.77. The molecule has 2 rings (SSSR count). The number of halogens is 2. The molecule has 0 saturated heterocycles. The fourth-order valence-electron chi connectivity index (χ4n) is 1.45. The van der Waals surface area contributed by atoms with Crippen LogP contribution in [-0.2, 0) is 0 Å². The van der Waals surface area contributed by atoms with Crippen molar-refractivity contribution in [2.75, 3.05) is 14.1 Å². The molecule has 7 heteroatoms. The van der Waals surface area contributed by atoms with Gasteiger partial charge in [-0.3, -0.25) is 0 Å². The zero-order chi connectivity index (χ0) is 14.7. The van der Waals surface area contributed by atoms with E-state index in [-0.39, 0.29) is 5.95 Å². The predicted molar refractivity (Wildman–Crippen MR) is 82.5 cm³/mol. The van der Waals surface area contributed by atoms with E-state index in [0.717, 1.165) is 5.56 Å². The van der Waals surface area contributed by atoms with Gasteiger partial charge >= 0.3 is 0 Å². The van der Waals surface area contributed by atoms with E-state index in [2.05, 4.69) is 15.0 Å². The van der Waals surface area contributed by atoms with Crippen molar-refractivity contribution in [1.29, 1.82) is 0 Å². The molecule has 5 nitrogen and oxygen atoms in total. The van der Waals surface area contributed by atoms with Gasteiger partial charge in [0, 0.05) is 30.9 Å². The highest BCUT2D eigenvalue weighted by atomic mass is 35.5. The molecular weight excluding hydrogens is 297 g/mol. The second-order valence-corrected chi connectivity index (χ2v) is 5.07. The number of aromatic nitrogens is 2. The Kier molecular flexibility index (Phi) is 4.42. The van der Waals surface area contributed by atoms with Crippen molar-refractivity contribution in [3.8, 4) is 11.3 Å². The molecule has 1 aromatic carbocycles. The molecule has 0 saturated carbocycles. The SMILES string of the molecule is CN(C)/C(N)=N\c1nccc(-c2ccc(Cl)cc2Cl)n1. The molecule has 20 heavy (non-hydrogen) atoms. The zero-order valence-electron chi connectivity index (χ0n) is 11.0. The molecule has 1 aromatic heterocycles. The molecule has 0 atom stereocenters. The number of rotatable bonds is 2. The monoisotopic (exact) mass is 309 g/mol. The van der Waals surface area contributed by atoms with Crippen LogP contribution in [0.15, 0.2) is 35.5 Å². The Bertz CT molecular complexity index is 655. The van der Waals surface area contributed by atoms with Crippen LogP contribution in [-0.4, -0.2) is 34.9 Å². The Morgan fingerprint density at radius 2 is 2.00 bits per heavy atom. The summed E-state index contributed by atoms with van der Waals surface area (Å²) in [5, 5.41) is 1.09. The molecule has 0 spiro atoms. The third-order valence-corrected chi connectivity index (χ3v) is 3.07. The van der Waals surface area contributed by atoms with Crippen LogP contribution in [0.2, 0.25) is 10.0 Å². The molecule has 104 valence electrons. The summed E-state index contributed by atoms with van der Waals surface area (Å²) < 4.78 is 0. The molecule has 0 fully saturated rings. The summed E-state index contributed by atoms with van der Waals surface area (Å²) >= 11 is 12.0. The molecule has 0 radical (unpaired) electrons. The van der Waals surface area contributed by atoms with E-state index < -0.39 is 0 Å². The maximum atomic E-state index is 6.16. The van der Waals surface area contributed by atoms with Gasteiger partial charge in [-0.15, -0.1) is 0 Å². The zero-order valence-corrected chi connectivity index (χ0v) is 12.5. The van der Waals surface area contributed by atoms with Crippen LogP contribution in [0.5, 0.6) is 0 Å². The van der Waals surface area contributed by atoms with Crippen molar-refractivity contribution < 1.29 is 0 Å². The summed E-state index contributed by atoms with van der Waals surface area (Å²) in [6, 6.07) is 6.97. The number of guanidine groups is 1. The first-order valence-corrected chi connectivity index (χ1v) is 6.53. The van der Waals surface area contributed by atoms with Gasteiger partial charge in [0.05, 0.1) is 10.7 Å². The van der Waals surface area contributed by atoms with Gasteiger partial charge in [0.25, 0.3) is 5.95 Å². The lowest BCUT2D eigenvalue weighted by Gasteiger charge is -2.10. The maximum absolute atomic E-state index is 6.16. The molecule has 2 N–H and O–H groups in total. The minimum absolute atomic E-state index is 0.278. The van der Waals surface area contributed by atoms with Crippen molar-refractivity contribution >= 4 is 35.1 Å². The Morgan fingerprint density at radius 1 is 1.25 bits per heavy atom. The Hall–Kier alpha value is -1.85. The Labute approximate surface area is 127 Å². The molecule has 0 aliphatic rings. The third-order valence-electron chi connectivity index (χ3n) is 2.52. The van der Waals surface area contributed by atoms with Crippen LogP contribution >= 0.6 is 23.2 Å². The van der Waals surface area contributed by atoms with Crippen molar-refractivity contribution in [2.24, 2.45) is 10.7 Å². The van der Waals surface area contributed by atoms with Crippen LogP contribution < -0.4 is 5.73 Å². The highest BCUT2D eigenvalue weighted by Crippen LogP contribution is 2.29. The molecule has 0 unspecified atom stereocenters. The third kappa shape index (κ3) is 3.37. The quantitative estimate of drug-likeness (QED) is 0.684. The van der Waals surface area contributed by atoms with Gasteiger partial charge in [-0.25, -0.2) is 9.97 Å². The van der Waals surface area contributed by atoms with Gasteiger partial charge in [-0.1, -0.05) is 23.2 Å². The number of hydrogen-bond acceptors (Lipinski definition) is 3. The first kappa shape index (κ1) is 14.6. The van der Waals surface area contributed by atoms with Gasteiger partial charge in [0.1, 0.15) is 0 Å². The molecule has 2 aromatic rings. The van der Waals surface area contributed by atoms with E-state index in [1.54, 1.807) is 49.5 Å². The average Bonchev–Trinajstić information content (AvgIpc) is 2.38. The van der Waals surface area contributed by atoms with E-state index in [0.29, 0.717) is 21.7 Å². The van der Waals surface area contributed by atoms with Crippen LogP contribution in [0.4, 0.5) is 5.95 Å². The van der Waals surface area contributed by atoms with Gasteiger partial charge in [0.15, 0.2) is 5.96 Å². The van der Waals surface area contributed by atoms with Crippen LogP contribution in [0.25, 0.3) is 11.3 Å². The minimum atomic E-state index is 0.278. The van der Waals surface area contributed by atoms with Crippen molar-refractivity contribution in [1.82, 2.24) is 14.9 Å². The smallest absolute Gasteiger partial charge is 0.253 e. The summed E-state index contributed by atoms with van der Waals surface area (Å²) in [7, 11) is 3.58. The van der Waals surface area contributed by atoms with Crippen molar-refractivity contribution in [2.45, 2.75) is 0 Å². The van der Waals surface area contributed by atoms with Gasteiger partial charge in [-0.05, 0) is 24.3 Å². The number of hydrogen-bond donors (Lipinski definition) is 1. The largest absolute Gasteiger partial charge is 0.369 e. The minimum Gasteiger partial charge on any atom is -0.369 e. The fourth-order valence-corrected chi connectivity index (χ4v) is 1.96. The van der Waals surface area contributed by atoms with E-state index in [9.17, 15) is 0 Å². The lowest BCUT2D eigenvalue weighted by molar-refractivity contribution is 0.614. The number of nitrogens with two attached hydrogens (primary N) is 1. The molecule has 0 bridgehead atoms. The van der Waals surface area contributed by atoms with Gasteiger partial charge in [0.2, 0.25) is 0 Å². The summed E-state index contributed by atoms with van der Waals surface area (Å²) in [5.41, 5.74) is 7.16. The first-order chi connectivity index (χ1) is 9.47. The number of benzene rings is 1. The lowest BCUT2D eigenvalue weighted by Crippen LogP contribution is -2.29. The second kappa shape index (κ2) is 6.07. The molecule has 0 aliphatic carbocycles. The van der Waals surface area contributed by atoms with Gasteiger partial charge in [-0.2, -0.15) is 4.99 Å². The van der Waals surface area contributed by atoms with E-state index in [1.807, 2.05) is 0 Å². The van der Waals surface area contributed by atoms with E-state index in [4.69, 9.17) is 28.9 Å². The second-order valence-electron chi connectivity index (χ2n) is 4.23. The number of aliphatic imine (C=N–C) groups is 1. The Morgan fingerprint density at radius 3 is 2.65 bits per heavy atom. The van der Waals surface area contributed by atoms with Gasteiger partial charge < -0.3 is 10.6 Å². The molecular formula is C13H13Cl2N5. The predicted octanol–water partition coefficient (Wildman–Crippen LogP) is 2.96. The lowest BCUT2D eigenvalue weighted by atomic mass is 10.1. The standard InChI is InChI=1S/C13H13Cl2N5/c1-20(2)12(16)19-13-17-6-5-11(18-13)9-4-3-8(14)7-10(9)15/h3-7H,1-2H3,(H2,16,17,18,19). The number of nitrogens with zero attached hydrogens (tertiary/aromatic N) is 4. The van der Waals surface area contributed by atoms with Crippen LogP contribution in [0.1, 0.15) is 0 Å². The highest BCUT2D eigenvalue weighted by Gasteiger charge is 2.07. The molecule has 1 heterocycles.